The molecule has 136 valence electrons. The molecule has 0 saturated heterocycles. The van der Waals surface area contributed by atoms with Gasteiger partial charge in [-0.1, -0.05) is 36.4 Å². The third-order valence-corrected chi connectivity index (χ3v) is 3.58. The van der Waals surface area contributed by atoms with Crippen molar-refractivity contribution in [2.75, 3.05) is 5.43 Å². The van der Waals surface area contributed by atoms with E-state index >= 15 is 0 Å². The van der Waals surface area contributed by atoms with Crippen LogP contribution in [0.4, 0.5) is 10.1 Å². The maximum absolute atomic E-state index is 12.7. The van der Waals surface area contributed by atoms with Gasteiger partial charge < -0.3 is 9.97 Å². The molecule has 2 heterocycles. The Morgan fingerprint density at radius 1 is 0.889 bits per heavy atom. The number of rotatable bonds is 2. The van der Waals surface area contributed by atoms with Crippen LogP contribution in [0.2, 0.25) is 0 Å². The number of fused-ring (bicyclic) bond motifs is 1. The number of benzene rings is 2. The molecule has 2 aromatic carbocycles. The monoisotopic (exact) mass is 366 g/mol. The summed E-state index contributed by atoms with van der Waals surface area (Å²) in [5.41, 5.74) is 2.47. The predicted octanol–water partition coefficient (Wildman–Crippen LogP) is 2.08. The van der Waals surface area contributed by atoms with Gasteiger partial charge in [-0.15, -0.1) is 0 Å². The highest BCUT2D eigenvalue weighted by molar-refractivity contribution is 5.77. The number of hydrogen-bond acceptors (Lipinski definition) is 4. The molecule has 0 aliphatic heterocycles. The lowest BCUT2D eigenvalue weighted by molar-refractivity contribution is 0.612. The van der Waals surface area contributed by atoms with Gasteiger partial charge in [-0.25, -0.2) is 9.18 Å². The van der Waals surface area contributed by atoms with E-state index in [2.05, 4.69) is 15.4 Å². The van der Waals surface area contributed by atoms with E-state index in [-0.39, 0.29) is 0 Å². The van der Waals surface area contributed by atoms with Gasteiger partial charge in [0.25, 0.3) is 11.1 Å². The lowest BCUT2D eigenvalue weighted by Crippen LogP contribution is -2.38. The Hall–Kier alpha value is -3.94. The molecule has 0 fully saturated rings. The van der Waals surface area contributed by atoms with Crippen molar-refractivity contribution in [2.45, 2.75) is 0 Å². The smallest absolute Gasteiger partial charge is 0.319 e. The number of para-hydroxylation sites is 2. The van der Waals surface area contributed by atoms with E-state index in [1.54, 1.807) is 36.4 Å². The van der Waals surface area contributed by atoms with Crippen LogP contribution in [-0.2, 0) is 0 Å². The topological polar surface area (TPSA) is 99.8 Å². The first-order chi connectivity index (χ1) is 13.0. The third kappa shape index (κ3) is 4.37. The Kier molecular flexibility index (Phi) is 5.27. The summed E-state index contributed by atoms with van der Waals surface area (Å²) < 4.78 is 13.6. The van der Waals surface area contributed by atoms with E-state index in [0.29, 0.717) is 16.6 Å². The summed E-state index contributed by atoms with van der Waals surface area (Å²) in [6, 6.07) is 18.6. The maximum atomic E-state index is 12.7. The van der Waals surface area contributed by atoms with Crippen LogP contribution < -0.4 is 22.2 Å². The second-order valence-corrected chi connectivity index (χ2v) is 5.47. The third-order valence-electron chi connectivity index (χ3n) is 3.58. The van der Waals surface area contributed by atoms with E-state index < -0.39 is 22.6 Å². The minimum atomic E-state index is -0.742. The zero-order valence-electron chi connectivity index (χ0n) is 14.0. The van der Waals surface area contributed by atoms with Crippen LogP contribution in [0, 0.1) is 5.82 Å². The molecule has 0 amide bonds. The lowest BCUT2D eigenvalue weighted by Gasteiger charge is -2.06. The molecule has 0 radical (unpaired) electrons. The van der Waals surface area contributed by atoms with Crippen molar-refractivity contribution >= 4 is 16.6 Å². The van der Waals surface area contributed by atoms with Crippen molar-refractivity contribution in [3.05, 3.63) is 110 Å². The highest BCUT2D eigenvalue weighted by atomic mass is 19.1. The first-order valence-corrected chi connectivity index (χ1v) is 7.95. The standard InChI is InChI=1S/C10H9N3O2.C9H6FNO/c14-9-6-7-11-10(15)13(9)12-8-4-2-1-3-5-8;10-7-5-6-3-1-2-4-8(6)11-9(7)12/h1-7,12H,(H,11,15);1-5H,(H,11,12). The van der Waals surface area contributed by atoms with Crippen LogP contribution >= 0.6 is 0 Å². The number of aromatic amines is 2. The minimum absolute atomic E-state index is 0.400. The van der Waals surface area contributed by atoms with Gasteiger partial charge in [0.15, 0.2) is 5.82 Å². The zero-order chi connectivity index (χ0) is 19.2. The molecule has 4 aromatic rings. The average Bonchev–Trinajstić information content (AvgIpc) is 2.67. The molecule has 0 aliphatic rings. The molecule has 0 atom stereocenters. The van der Waals surface area contributed by atoms with Crippen LogP contribution in [0.1, 0.15) is 0 Å². The fraction of sp³-hybridized carbons (Fsp3) is 0. The Labute approximate surface area is 151 Å². The maximum Gasteiger partial charge on any atom is 0.347 e. The van der Waals surface area contributed by atoms with E-state index in [9.17, 15) is 18.8 Å². The molecule has 3 N–H and O–H groups in total. The molecule has 0 unspecified atom stereocenters. The normalized spacial score (nSPS) is 10.1. The van der Waals surface area contributed by atoms with Gasteiger partial charge in [0.05, 0.1) is 5.69 Å². The molecule has 7 nitrogen and oxygen atoms in total. The Morgan fingerprint density at radius 2 is 1.59 bits per heavy atom. The van der Waals surface area contributed by atoms with Crippen LogP contribution in [0.15, 0.2) is 87.3 Å². The summed E-state index contributed by atoms with van der Waals surface area (Å²) in [5.74, 6) is -0.742. The van der Waals surface area contributed by atoms with Gasteiger partial charge in [-0.2, -0.15) is 4.68 Å². The highest BCUT2D eigenvalue weighted by Gasteiger charge is 1.99. The fourth-order valence-corrected chi connectivity index (χ4v) is 2.29. The number of hydrogen-bond donors (Lipinski definition) is 3. The summed E-state index contributed by atoms with van der Waals surface area (Å²) in [6.45, 7) is 0. The summed E-state index contributed by atoms with van der Waals surface area (Å²) in [5, 5.41) is 0.703. The Morgan fingerprint density at radius 3 is 2.33 bits per heavy atom. The van der Waals surface area contributed by atoms with Gasteiger partial charge in [-0.3, -0.25) is 15.0 Å². The van der Waals surface area contributed by atoms with Crippen molar-refractivity contribution in [3.8, 4) is 0 Å². The SMILES string of the molecule is O=c1[nH]c2ccccc2cc1F.O=c1cc[nH]c(=O)n1Nc1ccccc1. The molecule has 27 heavy (non-hydrogen) atoms. The van der Waals surface area contributed by atoms with E-state index in [1.807, 2.05) is 18.2 Å². The van der Waals surface area contributed by atoms with Crippen LogP contribution in [0.3, 0.4) is 0 Å². The van der Waals surface area contributed by atoms with Crippen LogP contribution in [-0.4, -0.2) is 14.6 Å². The molecule has 0 saturated carbocycles. The first-order valence-electron chi connectivity index (χ1n) is 7.95. The summed E-state index contributed by atoms with van der Waals surface area (Å²) in [4.78, 5) is 38.2. The van der Waals surface area contributed by atoms with Crippen molar-refractivity contribution in [1.29, 1.82) is 0 Å². The Balaban J connectivity index is 0.000000159. The van der Waals surface area contributed by atoms with E-state index in [1.165, 1.54) is 18.3 Å². The van der Waals surface area contributed by atoms with Crippen molar-refractivity contribution in [1.82, 2.24) is 14.6 Å². The highest BCUT2D eigenvalue weighted by Crippen LogP contribution is 2.08. The first kappa shape index (κ1) is 17.9. The molecular formula is C19H15FN4O3. The summed E-state index contributed by atoms with van der Waals surface area (Å²) >= 11 is 0. The average molecular weight is 366 g/mol. The summed E-state index contributed by atoms with van der Waals surface area (Å²) in [7, 11) is 0. The number of halogens is 1. The lowest BCUT2D eigenvalue weighted by atomic mass is 10.2. The van der Waals surface area contributed by atoms with Crippen LogP contribution in [0.5, 0.6) is 0 Å². The number of anilines is 1. The quantitative estimate of drug-likeness (QED) is 0.506. The second kappa shape index (κ2) is 7.96. The number of aromatic nitrogens is 3. The zero-order valence-corrected chi connectivity index (χ0v) is 14.0. The van der Waals surface area contributed by atoms with Crippen LogP contribution in [0.25, 0.3) is 10.9 Å². The molecule has 8 heteroatoms. The van der Waals surface area contributed by atoms with Gasteiger partial charge >= 0.3 is 5.69 Å². The van der Waals surface area contributed by atoms with E-state index in [4.69, 9.17) is 0 Å². The number of pyridine rings is 1. The molecule has 2 aromatic heterocycles. The van der Waals surface area contributed by atoms with Gasteiger partial charge in [0.1, 0.15) is 0 Å². The number of nitrogens with zero attached hydrogens (tertiary/aromatic N) is 1. The van der Waals surface area contributed by atoms with E-state index in [0.717, 1.165) is 4.68 Å². The van der Waals surface area contributed by atoms with Gasteiger partial charge in [0.2, 0.25) is 0 Å². The molecule has 4 rings (SSSR count). The largest absolute Gasteiger partial charge is 0.347 e. The number of H-pyrrole nitrogens is 2. The molecule has 0 bridgehead atoms. The number of nitrogens with one attached hydrogen (secondary N) is 3. The predicted molar refractivity (Wildman–Crippen MR) is 101 cm³/mol. The second-order valence-electron chi connectivity index (χ2n) is 5.47. The van der Waals surface area contributed by atoms with Gasteiger partial charge in [0, 0.05) is 23.2 Å². The van der Waals surface area contributed by atoms with Crippen molar-refractivity contribution < 1.29 is 4.39 Å². The van der Waals surface area contributed by atoms with Crippen molar-refractivity contribution in [2.24, 2.45) is 0 Å². The molecular weight excluding hydrogens is 351 g/mol. The minimum Gasteiger partial charge on any atom is -0.319 e. The summed E-state index contributed by atoms with van der Waals surface area (Å²) in [6.07, 6.45) is 1.31. The Bertz CT molecular complexity index is 1200. The van der Waals surface area contributed by atoms with Gasteiger partial charge in [-0.05, 0) is 24.3 Å². The molecule has 0 aliphatic carbocycles. The fourth-order valence-electron chi connectivity index (χ4n) is 2.29. The molecule has 0 spiro atoms. The van der Waals surface area contributed by atoms with Crippen molar-refractivity contribution in [3.63, 3.8) is 0 Å².